The summed E-state index contributed by atoms with van der Waals surface area (Å²) in [4.78, 5) is 32.9. The predicted molar refractivity (Wildman–Crippen MR) is 109 cm³/mol. The minimum Gasteiger partial charge on any atom is -0.350 e. The van der Waals surface area contributed by atoms with Crippen LogP contribution in [0.3, 0.4) is 0 Å². The molecule has 0 aliphatic carbocycles. The molecule has 0 unspecified atom stereocenters. The van der Waals surface area contributed by atoms with E-state index in [1.165, 1.54) is 11.3 Å². The van der Waals surface area contributed by atoms with Gasteiger partial charge in [0.25, 0.3) is 11.5 Å². The Labute approximate surface area is 163 Å². The average molecular weight is 401 g/mol. The van der Waals surface area contributed by atoms with Crippen molar-refractivity contribution in [1.29, 1.82) is 0 Å². The molecule has 8 heteroatoms. The summed E-state index contributed by atoms with van der Waals surface area (Å²) in [7, 11) is 0. The van der Waals surface area contributed by atoms with Crippen LogP contribution in [0.25, 0.3) is 21.1 Å². The molecule has 0 atom stereocenters. The van der Waals surface area contributed by atoms with Crippen LogP contribution in [-0.4, -0.2) is 27.0 Å². The number of nitrogens with one attached hydrogen (secondary N) is 2. The van der Waals surface area contributed by atoms with E-state index in [4.69, 9.17) is 11.6 Å². The number of aromatic nitrogens is 3. The molecule has 138 valence electrons. The summed E-state index contributed by atoms with van der Waals surface area (Å²) in [5.41, 5.74) is 1.49. The Morgan fingerprint density at radius 3 is 2.96 bits per heavy atom. The molecule has 3 aromatic heterocycles. The van der Waals surface area contributed by atoms with Crippen molar-refractivity contribution < 1.29 is 4.79 Å². The fourth-order valence-electron chi connectivity index (χ4n) is 3.19. The standard InChI is InChI=1S/C19H17ClN4O2S/c1-10-15-17(25)22-11(2)23-19(15)27-16(10)18(26)21-6-8-24-7-5-12-3-4-13(20)9-14(12)24/h3-5,7,9H,6,8H2,1-2H3,(H,21,26)(H,22,23,25). The third-order valence-electron chi connectivity index (χ3n) is 4.50. The number of H-pyrrole nitrogens is 1. The number of fused-ring (bicyclic) bond motifs is 2. The molecule has 4 aromatic rings. The number of aryl methyl sites for hydroxylation is 2. The lowest BCUT2D eigenvalue weighted by molar-refractivity contribution is 0.0956. The van der Waals surface area contributed by atoms with Gasteiger partial charge in [-0.3, -0.25) is 9.59 Å². The SMILES string of the molecule is Cc1nc2sc(C(=O)NCCn3ccc4ccc(Cl)cc43)c(C)c2c(=O)[nH]1. The van der Waals surface area contributed by atoms with Gasteiger partial charge in [-0.1, -0.05) is 17.7 Å². The molecule has 1 amide bonds. The smallest absolute Gasteiger partial charge is 0.261 e. The Morgan fingerprint density at radius 2 is 2.15 bits per heavy atom. The number of thiophene rings is 1. The first-order chi connectivity index (χ1) is 12.9. The number of carbonyl (C=O) groups excluding carboxylic acids is 1. The second-order valence-electron chi connectivity index (χ2n) is 6.36. The van der Waals surface area contributed by atoms with Gasteiger partial charge in [0.1, 0.15) is 10.7 Å². The van der Waals surface area contributed by atoms with Crippen LogP contribution in [0.4, 0.5) is 0 Å². The molecule has 2 N–H and O–H groups in total. The number of halogens is 1. The normalized spacial score (nSPS) is 11.4. The summed E-state index contributed by atoms with van der Waals surface area (Å²) in [5, 5.41) is 5.20. The van der Waals surface area contributed by atoms with Crippen LogP contribution in [0.5, 0.6) is 0 Å². The van der Waals surface area contributed by atoms with E-state index in [1.807, 2.05) is 30.5 Å². The quantitative estimate of drug-likeness (QED) is 0.548. The molecular weight excluding hydrogens is 384 g/mol. The Morgan fingerprint density at radius 1 is 1.33 bits per heavy atom. The molecule has 0 fully saturated rings. The van der Waals surface area contributed by atoms with Crippen LogP contribution in [0.1, 0.15) is 21.1 Å². The maximum Gasteiger partial charge on any atom is 0.261 e. The van der Waals surface area contributed by atoms with Crippen LogP contribution in [0.2, 0.25) is 5.02 Å². The first-order valence-corrected chi connectivity index (χ1v) is 9.66. The highest BCUT2D eigenvalue weighted by molar-refractivity contribution is 7.20. The maximum absolute atomic E-state index is 12.6. The summed E-state index contributed by atoms with van der Waals surface area (Å²) < 4.78 is 2.05. The topological polar surface area (TPSA) is 79.8 Å². The number of nitrogens with zero attached hydrogens (tertiary/aromatic N) is 2. The number of rotatable bonds is 4. The molecule has 0 bridgehead atoms. The fourth-order valence-corrected chi connectivity index (χ4v) is 4.50. The zero-order valence-electron chi connectivity index (χ0n) is 14.8. The second-order valence-corrected chi connectivity index (χ2v) is 7.79. The molecule has 1 aromatic carbocycles. The minimum absolute atomic E-state index is 0.193. The van der Waals surface area contributed by atoms with Gasteiger partial charge in [-0.25, -0.2) is 4.98 Å². The predicted octanol–water partition coefficient (Wildman–Crippen LogP) is 3.64. The number of aromatic amines is 1. The monoisotopic (exact) mass is 400 g/mol. The molecule has 0 spiro atoms. The van der Waals surface area contributed by atoms with Crippen molar-refractivity contribution in [2.45, 2.75) is 20.4 Å². The molecule has 4 rings (SSSR count). The van der Waals surface area contributed by atoms with E-state index in [0.717, 1.165) is 10.9 Å². The Bertz CT molecular complexity index is 1240. The van der Waals surface area contributed by atoms with Crippen molar-refractivity contribution in [2.24, 2.45) is 0 Å². The van der Waals surface area contributed by atoms with E-state index in [2.05, 4.69) is 19.9 Å². The van der Waals surface area contributed by atoms with Gasteiger partial charge in [0.2, 0.25) is 0 Å². The summed E-state index contributed by atoms with van der Waals surface area (Å²) >= 11 is 7.32. The van der Waals surface area contributed by atoms with Crippen LogP contribution in [-0.2, 0) is 6.54 Å². The van der Waals surface area contributed by atoms with Gasteiger partial charge in [-0.2, -0.15) is 0 Å². The van der Waals surface area contributed by atoms with E-state index in [0.29, 0.717) is 44.6 Å². The molecule has 0 aliphatic rings. The third kappa shape index (κ3) is 3.24. The number of hydrogen-bond donors (Lipinski definition) is 2. The van der Waals surface area contributed by atoms with Gasteiger partial charge in [-0.15, -0.1) is 11.3 Å². The second kappa shape index (κ2) is 6.83. The number of amides is 1. The van der Waals surface area contributed by atoms with Crippen LogP contribution in [0, 0.1) is 13.8 Å². The van der Waals surface area contributed by atoms with Gasteiger partial charge in [0, 0.05) is 29.8 Å². The first-order valence-electron chi connectivity index (χ1n) is 8.46. The molecule has 3 heterocycles. The third-order valence-corrected chi connectivity index (χ3v) is 5.92. The van der Waals surface area contributed by atoms with E-state index < -0.39 is 0 Å². The highest BCUT2D eigenvalue weighted by Gasteiger charge is 2.18. The lowest BCUT2D eigenvalue weighted by atomic mass is 10.2. The Kier molecular flexibility index (Phi) is 4.49. The largest absolute Gasteiger partial charge is 0.350 e. The van der Waals surface area contributed by atoms with Crippen molar-refractivity contribution in [3.05, 3.63) is 62.1 Å². The summed E-state index contributed by atoms with van der Waals surface area (Å²) in [6.45, 7) is 4.59. The Hall–Kier alpha value is -2.64. The maximum atomic E-state index is 12.6. The molecule has 27 heavy (non-hydrogen) atoms. The van der Waals surface area contributed by atoms with Gasteiger partial charge in [0.05, 0.1) is 10.3 Å². The first kappa shape index (κ1) is 17.8. The summed E-state index contributed by atoms with van der Waals surface area (Å²) in [6, 6.07) is 7.76. The van der Waals surface area contributed by atoms with Crippen LogP contribution in [0.15, 0.2) is 35.3 Å². The van der Waals surface area contributed by atoms with E-state index in [1.54, 1.807) is 13.8 Å². The highest BCUT2D eigenvalue weighted by Crippen LogP contribution is 2.26. The van der Waals surface area contributed by atoms with E-state index in [-0.39, 0.29) is 11.5 Å². The van der Waals surface area contributed by atoms with Crippen LogP contribution >= 0.6 is 22.9 Å². The van der Waals surface area contributed by atoms with Crippen molar-refractivity contribution >= 4 is 50.0 Å². The molecule has 0 saturated carbocycles. The lowest BCUT2D eigenvalue weighted by Crippen LogP contribution is -2.27. The summed E-state index contributed by atoms with van der Waals surface area (Å²) in [6.07, 6.45) is 1.98. The molecule has 0 radical (unpaired) electrons. The van der Waals surface area contributed by atoms with Crippen molar-refractivity contribution in [1.82, 2.24) is 19.9 Å². The van der Waals surface area contributed by atoms with Gasteiger partial charge < -0.3 is 14.9 Å². The number of benzene rings is 1. The highest BCUT2D eigenvalue weighted by atomic mass is 35.5. The molecule has 0 aliphatic heterocycles. The van der Waals surface area contributed by atoms with E-state index >= 15 is 0 Å². The summed E-state index contributed by atoms with van der Waals surface area (Å²) in [5.74, 6) is 0.348. The van der Waals surface area contributed by atoms with E-state index in [9.17, 15) is 9.59 Å². The number of carbonyl (C=O) groups is 1. The molecule has 0 saturated heterocycles. The van der Waals surface area contributed by atoms with Gasteiger partial charge in [-0.05, 0) is 43.0 Å². The minimum atomic E-state index is -0.207. The molecular formula is C19H17ClN4O2S. The van der Waals surface area contributed by atoms with Gasteiger partial charge >= 0.3 is 0 Å². The fraction of sp³-hybridized carbons (Fsp3) is 0.211. The zero-order valence-corrected chi connectivity index (χ0v) is 16.4. The lowest BCUT2D eigenvalue weighted by Gasteiger charge is -2.07. The van der Waals surface area contributed by atoms with Crippen molar-refractivity contribution in [3.63, 3.8) is 0 Å². The Balaban J connectivity index is 1.52. The molecule has 6 nitrogen and oxygen atoms in total. The van der Waals surface area contributed by atoms with Crippen molar-refractivity contribution in [3.8, 4) is 0 Å². The van der Waals surface area contributed by atoms with Gasteiger partial charge in [0.15, 0.2) is 0 Å². The zero-order chi connectivity index (χ0) is 19.1. The van der Waals surface area contributed by atoms with Crippen LogP contribution < -0.4 is 10.9 Å². The number of hydrogen-bond acceptors (Lipinski definition) is 4. The average Bonchev–Trinajstić information content (AvgIpc) is 3.16. The van der Waals surface area contributed by atoms with Crippen molar-refractivity contribution in [2.75, 3.05) is 6.54 Å².